The predicted molar refractivity (Wildman–Crippen MR) is 119 cm³/mol. The van der Waals surface area contributed by atoms with Crippen molar-refractivity contribution in [1.82, 2.24) is 14.9 Å². The molecule has 0 bridgehead atoms. The fourth-order valence-corrected chi connectivity index (χ4v) is 4.19. The van der Waals surface area contributed by atoms with Crippen molar-refractivity contribution in [2.75, 3.05) is 10.8 Å². The Morgan fingerprint density at radius 3 is 2.21 bits per heavy atom. The van der Waals surface area contributed by atoms with Crippen molar-refractivity contribution in [1.29, 1.82) is 0 Å². The average Bonchev–Trinajstić information content (AvgIpc) is 3.17. The number of fused-ring (bicyclic) bond motifs is 1. The maximum atomic E-state index is 12.9. The molecular formula is C23H23F3N4O2S. The van der Waals surface area contributed by atoms with Crippen LogP contribution in [0.3, 0.4) is 0 Å². The molecule has 0 radical (unpaired) electrons. The molecule has 4 rings (SSSR count). The summed E-state index contributed by atoms with van der Waals surface area (Å²) in [6, 6.07) is 12.5. The van der Waals surface area contributed by atoms with E-state index in [2.05, 4.69) is 31.0 Å². The lowest BCUT2D eigenvalue weighted by Gasteiger charge is -2.29. The highest BCUT2D eigenvalue weighted by Crippen LogP contribution is 2.30. The third-order valence-corrected chi connectivity index (χ3v) is 6.14. The molecule has 174 valence electrons. The van der Waals surface area contributed by atoms with Crippen molar-refractivity contribution < 1.29 is 22.7 Å². The minimum atomic E-state index is -4.41. The van der Waals surface area contributed by atoms with Crippen molar-refractivity contribution in [3.05, 3.63) is 71.0 Å². The van der Waals surface area contributed by atoms with E-state index in [1.54, 1.807) is 4.68 Å². The van der Waals surface area contributed by atoms with Gasteiger partial charge in [0.1, 0.15) is 12.4 Å². The zero-order valence-electron chi connectivity index (χ0n) is 18.4. The molecule has 0 fully saturated rings. The number of hydrogen-bond acceptors (Lipinski definition) is 5. The highest BCUT2D eigenvalue weighted by atomic mass is 32.2. The molecule has 2 heterocycles. The van der Waals surface area contributed by atoms with Gasteiger partial charge >= 0.3 is 6.18 Å². The van der Waals surface area contributed by atoms with E-state index in [-0.39, 0.29) is 30.2 Å². The number of aromatic nitrogens is 3. The van der Waals surface area contributed by atoms with Crippen molar-refractivity contribution in [2.45, 2.75) is 50.7 Å². The van der Waals surface area contributed by atoms with Crippen LogP contribution < -0.4 is 9.75 Å². The molecule has 0 aliphatic carbocycles. The van der Waals surface area contributed by atoms with Crippen LogP contribution in [0.15, 0.2) is 53.7 Å². The Labute approximate surface area is 193 Å². The van der Waals surface area contributed by atoms with Crippen LogP contribution in [0.25, 0.3) is 0 Å². The summed E-state index contributed by atoms with van der Waals surface area (Å²) in [5, 5.41) is 10.3. The van der Waals surface area contributed by atoms with E-state index in [0.717, 1.165) is 12.1 Å². The van der Waals surface area contributed by atoms with Crippen molar-refractivity contribution in [2.24, 2.45) is 0 Å². The molecule has 0 atom stereocenters. The van der Waals surface area contributed by atoms with E-state index in [4.69, 9.17) is 4.74 Å². The fourth-order valence-electron chi connectivity index (χ4n) is 3.36. The first-order valence-corrected chi connectivity index (χ1v) is 11.3. The lowest BCUT2D eigenvalue weighted by atomic mass is 9.87. The number of hydrogen-bond donors (Lipinski definition) is 0. The molecule has 0 saturated carbocycles. The maximum absolute atomic E-state index is 12.9. The van der Waals surface area contributed by atoms with Gasteiger partial charge in [-0.1, -0.05) is 56.8 Å². The zero-order chi connectivity index (χ0) is 23.8. The molecule has 0 saturated heterocycles. The maximum Gasteiger partial charge on any atom is 0.416 e. The zero-order valence-corrected chi connectivity index (χ0v) is 19.2. The van der Waals surface area contributed by atoms with Crippen LogP contribution in [0.1, 0.15) is 43.3 Å². The molecule has 0 unspecified atom stereocenters. The molecule has 0 N–H and O–H groups in total. The molecular weight excluding hydrogens is 453 g/mol. The Morgan fingerprint density at radius 2 is 1.61 bits per heavy atom. The van der Waals surface area contributed by atoms with Crippen LogP contribution in [0, 0.1) is 0 Å². The van der Waals surface area contributed by atoms with Crippen LogP contribution in [-0.2, 0) is 29.5 Å². The first-order valence-electron chi connectivity index (χ1n) is 10.3. The van der Waals surface area contributed by atoms with Gasteiger partial charge in [-0.05, 0) is 40.8 Å². The van der Waals surface area contributed by atoms with Crippen molar-refractivity contribution in [3.63, 3.8) is 0 Å². The Hall–Kier alpha value is -3.01. The smallest absolute Gasteiger partial charge is 0.416 e. The van der Waals surface area contributed by atoms with Gasteiger partial charge in [0.25, 0.3) is 5.91 Å². The summed E-state index contributed by atoms with van der Waals surface area (Å²) in [6.45, 7) is 6.57. The third-order valence-electron chi connectivity index (χ3n) is 5.23. The number of benzene rings is 2. The number of carbonyl (C=O) groups is 1. The molecule has 3 aromatic rings. The lowest BCUT2D eigenvalue weighted by molar-refractivity contribution is -0.137. The number of carbonyl (C=O) groups excluding carboxylic acids is 1. The van der Waals surface area contributed by atoms with Crippen molar-refractivity contribution in [3.8, 4) is 5.75 Å². The van der Waals surface area contributed by atoms with E-state index in [1.807, 2.05) is 24.3 Å². The van der Waals surface area contributed by atoms with Gasteiger partial charge in [0.15, 0.2) is 5.82 Å². The van der Waals surface area contributed by atoms with Gasteiger partial charge in [-0.25, -0.2) is 9.69 Å². The van der Waals surface area contributed by atoms with E-state index in [1.165, 1.54) is 34.5 Å². The quantitative estimate of drug-likeness (QED) is 0.522. The minimum absolute atomic E-state index is 0.0288. The van der Waals surface area contributed by atoms with E-state index >= 15 is 0 Å². The summed E-state index contributed by atoms with van der Waals surface area (Å²) >= 11 is 1.26. The minimum Gasteiger partial charge on any atom is -0.486 e. The second kappa shape index (κ2) is 8.74. The van der Waals surface area contributed by atoms with Gasteiger partial charge in [-0.2, -0.15) is 13.2 Å². The van der Waals surface area contributed by atoms with Crippen molar-refractivity contribution >= 4 is 17.7 Å². The second-order valence-corrected chi connectivity index (χ2v) is 9.65. The van der Waals surface area contributed by atoms with E-state index < -0.39 is 11.7 Å². The van der Waals surface area contributed by atoms with Crippen LogP contribution in [0.2, 0.25) is 0 Å². The Balaban J connectivity index is 1.52. The van der Waals surface area contributed by atoms with Gasteiger partial charge in [0, 0.05) is 0 Å². The van der Waals surface area contributed by atoms with Gasteiger partial charge in [0.05, 0.1) is 17.9 Å². The first-order chi connectivity index (χ1) is 15.5. The summed E-state index contributed by atoms with van der Waals surface area (Å²) < 4.78 is 46.0. The molecule has 1 aliphatic heterocycles. The van der Waals surface area contributed by atoms with E-state index in [9.17, 15) is 18.0 Å². The lowest BCUT2D eigenvalue weighted by Crippen LogP contribution is -2.45. The fraction of sp³-hybridized carbons (Fsp3) is 0.348. The van der Waals surface area contributed by atoms with Gasteiger partial charge in [0.2, 0.25) is 5.16 Å². The number of amides is 1. The molecule has 10 heteroatoms. The first kappa shape index (κ1) is 23.2. The highest BCUT2D eigenvalue weighted by Gasteiger charge is 2.31. The number of alkyl halides is 3. The van der Waals surface area contributed by atoms with Gasteiger partial charge in [-0.15, -0.1) is 10.2 Å². The standard InChI is InChI=1S/C23H23F3N4O2S/c1-22(2,3)16-8-10-18(11-9-16)32-13-19-27-28-21-30(19)29(20(31)14-33-21)12-15-4-6-17(7-5-15)23(24,25)26/h4-11H,12-14H2,1-3H3. The third kappa shape index (κ3) is 5.16. The van der Waals surface area contributed by atoms with Crippen LogP contribution in [0.5, 0.6) is 5.75 Å². The Morgan fingerprint density at radius 1 is 0.970 bits per heavy atom. The Bertz CT molecular complexity index is 1140. The van der Waals surface area contributed by atoms with Gasteiger partial charge < -0.3 is 4.74 Å². The monoisotopic (exact) mass is 476 g/mol. The number of halogens is 3. The molecule has 33 heavy (non-hydrogen) atoms. The average molecular weight is 477 g/mol. The summed E-state index contributed by atoms with van der Waals surface area (Å²) in [7, 11) is 0. The molecule has 1 amide bonds. The molecule has 1 aromatic heterocycles. The van der Waals surface area contributed by atoms with Crippen LogP contribution in [0.4, 0.5) is 13.2 Å². The summed E-state index contributed by atoms with van der Waals surface area (Å²) in [4.78, 5) is 12.7. The number of rotatable bonds is 5. The second-order valence-electron chi connectivity index (χ2n) is 8.71. The normalized spacial score (nSPS) is 14.4. The predicted octanol–water partition coefficient (Wildman–Crippen LogP) is 4.94. The number of ether oxygens (including phenoxy) is 1. The topological polar surface area (TPSA) is 60.3 Å². The van der Waals surface area contributed by atoms with E-state index in [0.29, 0.717) is 22.3 Å². The largest absolute Gasteiger partial charge is 0.486 e. The Kier molecular flexibility index (Phi) is 6.13. The highest BCUT2D eigenvalue weighted by molar-refractivity contribution is 7.99. The van der Waals surface area contributed by atoms with Crippen LogP contribution >= 0.6 is 11.8 Å². The van der Waals surface area contributed by atoms with Crippen LogP contribution in [-0.4, -0.2) is 26.5 Å². The molecule has 6 nitrogen and oxygen atoms in total. The summed E-state index contributed by atoms with van der Waals surface area (Å²) in [5.41, 5.74) is 1.04. The molecule has 0 spiro atoms. The molecule has 2 aromatic carbocycles. The summed E-state index contributed by atoms with van der Waals surface area (Å²) in [6.07, 6.45) is -4.41. The number of nitrogens with zero attached hydrogens (tertiary/aromatic N) is 4. The molecule has 1 aliphatic rings. The SMILES string of the molecule is CC(C)(C)c1ccc(OCc2nnc3n2N(Cc2ccc(C(F)(F)F)cc2)C(=O)CS3)cc1. The number of thioether (sulfide) groups is 1. The van der Waals surface area contributed by atoms with Gasteiger partial charge in [-0.3, -0.25) is 4.79 Å². The summed E-state index contributed by atoms with van der Waals surface area (Å²) in [5.74, 6) is 1.07.